The van der Waals surface area contributed by atoms with Gasteiger partial charge >= 0.3 is 6.18 Å². The maximum absolute atomic E-state index is 13.3. The number of nitrogens with one attached hydrogen (secondary N) is 1. The highest BCUT2D eigenvalue weighted by molar-refractivity contribution is 5.75. The zero-order chi connectivity index (χ0) is 18.3. The molecule has 0 spiro atoms. The Morgan fingerprint density at radius 3 is 2.81 bits per heavy atom. The minimum Gasteiger partial charge on any atom is -0.310 e. The molecule has 5 nitrogen and oxygen atoms in total. The van der Waals surface area contributed by atoms with Crippen LogP contribution in [0.1, 0.15) is 24.2 Å². The van der Waals surface area contributed by atoms with Crippen LogP contribution in [-0.4, -0.2) is 19.7 Å². The number of hydrogen-bond acceptors (Lipinski definition) is 3. The molecule has 2 heterocycles. The third kappa shape index (κ3) is 2.91. The number of H-pyrrole nitrogens is 1. The molecule has 0 bridgehead atoms. The number of aromatic amines is 1. The summed E-state index contributed by atoms with van der Waals surface area (Å²) in [5.74, 6) is 0.722. The standard InChI is InChI=1S/C18H15F3N4O/c19-18(20,21)13-7-3-4-8-14(13)25-16-12(10-22-25)17(26)24-15(23-16)9-11-5-1-2-6-11/h1,3-5,7-8,10-11H,2,6,9H2,(H,23,24,26). The molecular weight excluding hydrogens is 345 g/mol. The predicted molar refractivity (Wildman–Crippen MR) is 90.1 cm³/mol. The van der Waals surface area contributed by atoms with Crippen LogP contribution >= 0.6 is 0 Å². The molecule has 1 aliphatic rings. The molecule has 2 aromatic heterocycles. The summed E-state index contributed by atoms with van der Waals surface area (Å²) in [6, 6.07) is 5.11. The van der Waals surface area contributed by atoms with Crippen LogP contribution in [0, 0.1) is 5.92 Å². The maximum atomic E-state index is 13.3. The maximum Gasteiger partial charge on any atom is 0.418 e. The van der Waals surface area contributed by atoms with Crippen molar-refractivity contribution in [2.75, 3.05) is 0 Å². The SMILES string of the molecule is O=c1[nH]c(CC2C=CCC2)nc2c1cnn2-c1ccccc1C(F)(F)F. The Kier molecular flexibility index (Phi) is 3.90. The number of para-hydroxylation sites is 1. The average molecular weight is 360 g/mol. The number of fused-ring (bicyclic) bond motifs is 1. The van der Waals surface area contributed by atoms with Crippen molar-refractivity contribution < 1.29 is 13.2 Å². The van der Waals surface area contributed by atoms with E-state index >= 15 is 0 Å². The molecule has 26 heavy (non-hydrogen) atoms. The van der Waals surface area contributed by atoms with Crippen LogP contribution in [0.4, 0.5) is 13.2 Å². The van der Waals surface area contributed by atoms with Crippen LogP contribution in [0.15, 0.2) is 47.4 Å². The lowest BCUT2D eigenvalue weighted by molar-refractivity contribution is -0.137. The van der Waals surface area contributed by atoms with Crippen LogP contribution in [0.3, 0.4) is 0 Å². The second-order valence-corrected chi connectivity index (χ2v) is 6.29. The number of allylic oxidation sites excluding steroid dienone is 2. The first-order chi connectivity index (χ1) is 12.4. The highest BCUT2D eigenvalue weighted by atomic mass is 19.4. The van der Waals surface area contributed by atoms with E-state index in [1.807, 2.05) is 0 Å². The van der Waals surface area contributed by atoms with E-state index in [1.54, 1.807) is 0 Å². The number of halogens is 3. The molecule has 0 aliphatic heterocycles. The van der Waals surface area contributed by atoms with Crippen molar-refractivity contribution in [2.24, 2.45) is 5.92 Å². The van der Waals surface area contributed by atoms with E-state index in [0.717, 1.165) is 23.6 Å². The smallest absolute Gasteiger partial charge is 0.310 e. The molecular formula is C18H15F3N4O. The molecule has 1 aliphatic carbocycles. The Hall–Kier alpha value is -2.90. The second-order valence-electron chi connectivity index (χ2n) is 6.29. The molecule has 8 heteroatoms. The molecule has 0 amide bonds. The van der Waals surface area contributed by atoms with Gasteiger partial charge in [0.2, 0.25) is 0 Å². The third-order valence-electron chi connectivity index (χ3n) is 4.49. The quantitative estimate of drug-likeness (QED) is 0.726. The predicted octanol–water partition coefficient (Wildman–Crippen LogP) is 3.64. The van der Waals surface area contributed by atoms with Gasteiger partial charge < -0.3 is 4.98 Å². The molecule has 0 fully saturated rings. The lowest BCUT2D eigenvalue weighted by Gasteiger charge is -2.13. The highest BCUT2D eigenvalue weighted by Gasteiger charge is 2.34. The van der Waals surface area contributed by atoms with E-state index in [9.17, 15) is 18.0 Å². The van der Waals surface area contributed by atoms with E-state index in [-0.39, 0.29) is 22.6 Å². The fourth-order valence-corrected chi connectivity index (χ4v) is 3.25. The van der Waals surface area contributed by atoms with Crippen molar-refractivity contribution in [3.63, 3.8) is 0 Å². The number of alkyl halides is 3. The fourth-order valence-electron chi connectivity index (χ4n) is 3.25. The largest absolute Gasteiger partial charge is 0.418 e. The summed E-state index contributed by atoms with van der Waals surface area (Å²) in [6.45, 7) is 0. The van der Waals surface area contributed by atoms with Crippen LogP contribution in [-0.2, 0) is 12.6 Å². The van der Waals surface area contributed by atoms with E-state index in [1.165, 1.54) is 24.4 Å². The van der Waals surface area contributed by atoms with Gasteiger partial charge in [0.1, 0.15) is 11.2 Å². The summed E-state index contributed by atoms with van der Waals surface area (Å²) in [4.78, 5) is 19.4. The van der Waals surface area contributed by atoms with E-state index in [0.29, 0.717) is 12.2 Å². The van der Waals surface area contributed by atoms with Crippen molar-refractivity contribution in [2.45, 2.75) is 25.4 Å². The lowest BCUT2D eigenvalue weighted by Crippen LogP contribution is -2.16. The van der Waals surface area contributed by atoms with Crippen molar-refractivity contribution in [3.8, 4) is 5.69 Å². The Bertz CT molecular complexity index is 1050. The zero-order valence-electron chi connectivity index (χ0n) is 13.6. The summed E-state index contributed by atoms with van der Waals surface area (Å²) in [5, 5.41) is 4.15. The molecule has 134 valence electrons. The van der Waals surface area contributed by atoms with Gasteiger partial charge in [0, 0.05) is 6.42 Å². The molecule has 0 radical (unpaired) electrons. The first kappa shape index (κ1) is 16.6. The fraction of sp³-hybridized carbons (Fsp3) is 0.278. The Morgan fingerprint density at radius 2 is 2.08 bits per heavy atom. The van der Waals surface area contributed by atoms with Gasteiger partial charge in [-0.25, -0.2) is 9.67 Å². The van der Waals surface area contributed by atoms with Gasteiger partial charge in [-0.1, -0.05) is 24.3 Å². The summed E-state index contributed by atoms with van der Waals surface area (Å²) < 4.78 is 41.1. The summed E-state index contributed by atoms with van der Waals surface area (Å²) in [7, 11) is 0. The Labute approximate surface area is 146 Å². The first-order valence-corrected chi connectivity index (χ1v) is 8.23. The van der Waals surface area contributed by atoms with Gasteiger partial charge in [0.15, 0.2) is 5.65 Å². The van der Waals surface area contributed by atoms with Gasteiger partial charge in [-0.3, -0.25) is 4.79 Å². The van der Waals surface area contributed by atoms with Gasteiger partial charge in [0.25, 0.3) is 5.56 Å². The van der Waals surface area contributed by atoms with Crippen molar-refractivity contribution >= 4 is 11.0 Å². The van der Waals surface area contributed by atoms with E-state index in [2.05, 4.69) is 27.2 Å². The molecule has 1 atom stereocenters. The molecule has 1 N–H and O–H groups in total. The first-order valence-electron chi connectivity index (χ1n) is 8.23. The monoisotopic (exact) mass is 360 g/mol. The Morgan fingerprint density at radius 1 is 1.27 bits per heavy atom. The van der Waals surface area contributed by atoms with Crippen LogP contribution in [0.5, 0.6) is 0 Å². The molecule has 1 unspecified atom stereocenters. The number of aromatic nitrogens is 4. The van der Waals surface area contributed by atoms with Crippen molar-refractivity contribution in [3.05, 3.63) is 64.4 Å². The van der Waals surface area contributed by atoms with Crippen LogP contribution in [0.2, 0.25) is 0 Å². The Balaban J connectivity index is 1.86. The van der Waals surface area contributed by atoms with Crippen LogP contribution in [0.25, 0.3) is 16.7 Å². The number of nitrogens with zero attached hydrogens (tertiary/aromatic N) is 3. The topological polar surface area (TPSA) is 63.6 Å². The van der Waals surface area contributed by atoms with Crippen LogP contribution < -0.4 is 5.56 Å². The lowest BCUT2D eigenvalue weighted by atomic mass is 10.1. The molecule has 1 aromatic carbocycles. The molecule has 4 rings (SSSR count). The third-order valence-corrected chi connectivity index (χ3v) is 4.49. The van der Waals surface area contributed by atoms with Gasteiger partial charge in [-0.15, -0.1) is 0 Å². The highest BCUT2D eigenvalue weighted by Crippen LogP contribution is 2.34. The van der Waals surface area contributed by atoms with Crippen molar-refractivity contribution in [1.29, 1.82) is 0 Å². The van der Waals surface area contributed by atoms with E-state index in [4.69, 9.17) is 0 Å². The summed E-state index contributed by atoms with van der Waals surface area (Å²) in [6.07, 6.45) is 3.34. The van der Waals surface area contributed by atoms with Gasteiger partial charge in [0.05, 0.1) is 17.4 Å². The van der Waals surface area contributed by atoms with E-state index < -0.39 is 17.3 Å². The molecule has 0 saturated heterocycles. The number of rotatable bonds is 3. The number of hydrogen-bond donors (Lipinski definition) is 1. The average Bonchev–Trinajstić information content (AvgIpc) is 3.24. The normalized spacial score (nSPS) is 17.3. The molecule has 3 aromatic rings. The van der Waals surface area contributed by atoms with Crippen molar-refractivity contribution in [1.82, 2.24) is 19.7 Å². The minimum absolute atomic E-state index is 0.127. The van der Waals surface area contributed by atoms with Gasteiger partial charge in [-0.05, 0) is 30.9 Å². The number of benzene rings is 1. The summed E-state index contributed by atoms with van der Waals surface area (Å²) in [5.41, 5.74) is -1.25. The zero-order valence-corrected chi connectivity index (χ0v) is 13.6. The van der Waals surface area contributed by atoms with Gasteiger partial charge in [-0.2, -0.15) is 18.3 Å². The molecule has 0 saturated carbocycles. The summed E-state index contributed by atoms with van der Waals surface area (Å²) >= 11 is 0. The second kappa shape index (κ2) is 6.12. The minimum atomic E-state index is -4.53.